The molecule has 1 heterocycles. The minimum atomic E-state index is -0.318. The van der Waals surface area contributed by atoms with Crippen LogP contribution in [0.4, 0.5) is 5.69 Å². The van der Waals surface area contributed by atoms with Gasteiger partial charge in [-0.05, 0) is 36.2 Å². The Morgan fingerprint density at radius 1 is 1.32 bits per heavy atom. The summed E-state index contributed by atoms with van der Waals surface area (Å²) in [7, 11) is 0. The third-order valence-corrected chi connectivity index (χ3v) is 2.74. The summed E-state index contributed by atoms with van der Waals surface area (Å²) in [6.07, 6.45) is 2.41. The molecule has 0 aliphatic heterocycles. The van der Waals surface area contributed by atoms with Crippen molar-refractivity contribution < 1.29 is 4.79 Å². The van der Waals surface area contributed by atoms with Crippen molar-refractivity contribution in [3.05, 3.63) is 59.4 Å². The van der Waals surface area contributed by atoms with Crippen LogP contribution in [0.15, 0.2) is 42.6 Å². The van der Waals surface area contributed by atoms with Gasteiger partial charge in [-0.3, -0.25) is 9.78 Å². The minimum absolute atomic E-state index is 0.235. The molecule has 0 unspecified atom stereocenters. The van der Waals surface area contributed by atoms with Gasteiger partial charge in [0, 0.05) is 11.9 Å². The fourth-order valence-electron chi connectivity index (χ4n) is 1.64. The number of nitriles is 1. The van der Waals surface area contributed by atoms with E-state index in [0.29, 0.717) is 11.3 Å². The summed E-state index contributed by atoms with van der Waals surface area (Å²) in [5.74, 6) is -0.318. The van der Waals surface area contributed by atoms with Crippen molar-refractivity contribution in [3.63, 3.8) is 0 Å². The van der Waals surface area contributed by atoms with E-state index in [-0.39, 0.29) is 11.6 Å². The van der Waals surface area contributed by atoms with E-state index < -0.39 is 0 Å². The van der Waals surface area contributed by atoms with E-state index in [0.717, 1.165) is 6.42 Å². The minimum Gasteiger partial charge on any atom is -0.321 e. The number of aromatic nitrogens is 1. The van der Waals surface area contributed by atoms with Crippen molar-refractivity contribution in [1.82, 2.24) is 4.98 Å². The second kappa shape index (κ2) is 5.78. The topological polar surface area (TPSA) is 65.8 Å². The molecule has 1 amide bonds. The number of carbonyl (C=O) groups is 1. The summed E-state index contributed by atoms with van der Waals surface area (Å²) in [5, 5.41) is 11.5. The van der Waals surface area contributed by atoms with Crippen molar-refractivity contribution in [2.45, 2.75) is 13.3 Å². The summed E-state index contributed by atoms with van der Waals surface area (Å²) in [6.45, 7) is 2.07. The lowest BCUT2D eigenvalue weighted by atomic mass is 10.1. The number of hydrogen-bond donors (Lipinski definition) is 1. The Bertz CT molecular complexity index is 627. The maximum Gasteiger partial charge on any atom is 0.274 e. The highest BCUT2D eigenvalue weighted by Gasteiger charge is 2.08. The van der Waals surface area contributed by atoms with Crippen LogP contribution in [-0.2, 0) is 6.42 Å². The summed E-state index contributed by atoms with van der Waals surface area (Å²) in [5.41, 5.74) is 2.58. The lowest BCUT2D eigenvalue weighted by Gasteiger charge is -2.05. The largest absolute Gasteiger partial charge is 0.321 e. The van der Waals surface area contributed by atoms with E-state index in [9.17, 15) is 4.79 Å². The van der Waals surface area contributed by atoms with Crippen LogP contribution in [0, 0.1) is 11.3 Å². The highest BCUT2D eigenvalue weighted by molar-refractivity contribution is 6.03. The highest BCUT2D eigenvalue weighted by atomic mass is 16.1. The zero-order chi connectivity index (χ0) is 13.7. The first-order valence-electron chi connectivity index (χ1n) is 5.99. The first-order chi connectivity index (χ1) is 9.22. The fourth-order valence-corrected chi connectivity index (χ4v) is 1.64. The van der Waals surface area contributed by atoms with Gasteiger partial charge in [0.2, 0.25) is 0 Å². The Kier molecular flexibility index (Phi) is 3.89. The number of carbonyl (C=O) groups excluding carboxylic acids is 1. The number of anilines is 1. The summed E-state index contributed by atoms with van der Waals surface area (Å²) >= 11 is 0. The molecule has 0 fully saturated rings. The number of nitrogens with one attached hydrogen (secondary N) is 1. The number of pyridine rings is 1. The molecule has 1 N–H and O–H groups in total. The Morgan fingerprint density at radius 3 is 2.68 bits per heavy atom. The molecule has 94 valence electrons. The van der Waals surface area contributed by atoms with Crippen molar-refractivity contribution in [2.24, 2.45) is 0 Å². The number of amides is 1. The van der Waals surface area contributed by atoms with Gasteiger partial charge in [-0.1, -0.05) is 19.1 Å². The SMILES string of the molecule is CCc1ccc(NC(=O)c2cc(C#N)ccn2)cc1. The standard InChI is InChI=1S/C15H13N3O/c1-2-11-3-5-13(6-4-11)18-15(19)14-9-12(10-16)7-8-17-14/h3-9H,2H2,1H3,(H,18,19). The lowest BCUT2D eigenvalue weighted by Crippen LogP contribution is -2.13. The molecule has 4 heteroatoms. The second-order valence-electron chi connectivity index (χ2n) is 4.05. The summed E-state index contributed by atoms with van der Waals surface area (Å²) in [4.78, 5) is 15.9. The van der Waals surface area contributed by atoms with Crippen LogP contribution in [0.25, 0.3) is 0 Å². The third-order valence-electron chi connectivity index (χ3n) is 2.74. The van der Waals surface area contributed by atoms with Crippen LogP contribution in [-0.4, -0.2) is 10.9 Å². The Hall–Kier alpha value is -2.67. The lowest BCUT2D eigenvalue weighted by molar-refractivity contribution is 0.102. The smallest absolute Gasteiger partial charge is 0.274 e. The molecule has 2 aromatic rings. The van der Waals surface area contributed by atoms with Crippen LogP contribution >= 0.6 is 0 Å². The van der Waals surface area contributed by atoms with Gasteiger partial charge in [-0.2, -0.15) is 5.26 Å². The van der Waals surface area contributed by atoms with Gasteiger partial charge >= 0.3 is 0 Å². The number of nitrogens with zero attached hydrogens (tertiary/aromatic N) is 2. The molecule has 4 nitrogen and oxygen atoms in total. The molecule has 0 saturated heterocycles. The van der Waals surface area contributed by atoms with E-state index in [1.807, 2.05) is 30.3 Å². The second-order valence-corrected chi connectivity index (χ2v) is 4.05. The molecule has 0 aliphatic carbocycles. The van der Waals surface area contributed by atoms with Crippen molar-refractivity contribution in [3.8, 4) is 6.07 Å². The zero-order valence-corrected chi connectivity index (χ0v) is 10.6. The van der Waals surface area contributed by atoms with Gasteiger partial charge in [0.25, 0.3) is 5.91 Å². The maximum absolute atomic E-state index is 12.0. The number of aryl methyl sites for hydroxylation is 1. The first-order valence-corrected chi connectivity index (χ1v) is 5.99. The number of rotatable bonds is 3. The van der Waals surface area contributed by atoms with Crippen LogP contribution < -0.4 is 5.32 Å². The van der Waals surface area contributed by atoms with Gasteiger partial charge in [0.1, 0.15) is 5.69 Å². The molecule has 1 aromatic carbocycles. The average molecular weight is 251 g/mol. The van der Waals surface area contributed by atoms with Crippen LogP contribution in [0.1, 0.15) is 28.5 Å². The molecular weight excluding hydrogens is 238 g/mol. The van der Waals surface area contributed by atoms with Gasteiger partial charge in [0.15, 0.2) is 0 Å². The van der Waals surface area contributed by atoms with E-state index in [4.69, 9.17) is 5.26 Å². The molecule has 19 heavy (non-hydrogen) atoms. The van der Waals surface area contributed by atoms with E-state index in [2.05, 4.69) is 17.2 Å². The molecule has 0 radical (unpaired) electrons. The fraction of sp³-hybridized carbons (Fsp3) is 0.133. The van der Waals surface area contributed by atoms with Gasteiger partial charge in [0.05, 0.1) is 11.6 Å². The Labute approximate surface area is 111 Å². The van der Waals surface area contributed by atoms with Crippen molar-refractivity contribution in [1.29, 1.82) is 5.26 Å². The zero-order valence-electron chi connectivity index (χ0n) is 10.6. The van der Waals surface area contributed by atoms with Crippen LogP contribution in [0.2, 0.25) is 0 Å². The molecule has 1 aromatic heterocycles. The number of benzene rings is 1. The third kappa shape index (κ3) is 3.17. The Morgan fingerprint density at radius 2 is 2.05 bits per heavy atom. The van der Waals surface area contributed by atoms with Gasteiger partial charge < -0.3 is 5.32 Å². The van der Waals surface area contributed by atoms with Gasteiger partial charge in [-0.15, -0.1) is 0 Å². The molecule has 0 aliphatic rings. The van der Waals surface area contributed by atoms with Crippen molar-refractivity contribution >= 4 is 11.6 Å². The van der Waals surface area contributed by atoms with Crippen LogP contribution in [0.3, 0.4) is 0 Å². The summed E-state index contributed by atoms with van der Waals surface area (Å²) < 4.78 is 0. The average Bonchev–Trinajstić information content (AvgIpc) is 2.48. The maximum atomic E-state index is 12.0. The first kappa shape index (κ1) is 12.8. The monoisotopic (exact) mass is 251 g/mol. The number of hydrogen-bond acceptors (Lipinski definition) is 3. The predicted molar refractivity (Wildman–Crippen MR) is 72.7 cm³/mol. The van der Waals surface area contributed by atoms with Gasteiger partial charge in [-0.25, -0.2) is 0 Å². The van der Waals surface area contributed by atoms with E-state index in [1.165, 1.54) is 17.8 Å². The normalized spacial score (nSPS) is 9.68. The molecule has 0 bridgehead atoms. The van der Waals surface area contributed by atoms with Crippen LogP contribution in [0.5, 0.6) is 0 Å². The summed E-state index contributed by atoms with van der Waals surface area (Å²) in [6, 6.07) is 12.6. The van der Waals surface area contributed by atoms with E-state index in [1.54, 1.807) is 6.07 Å². The molecule has 0 saturated carbocycles. The molecule has 0 atom stereocenters. The predicted octanol–water partition coefficient (Wildman–Crippen LogP) is 2.77. The highest BCUT2D eigenvalue weighted by Crippen LogP contribution is 2.11. The van der Waals surface area contributed by atoms with E-state index >= 15 is 0 Å². The quantitative estimate of drug-likeness (QED) is 0.912. The molecular formula is C15H13N3O. The van der Waals surface area contributed by atoms with Crippen molar-refractivity contribution in [2.75, 3.05) is 5.32 Å². The molecule has 0 spiro atoms. The Balaban J connectivity index is 2.13. The molecule has 2 rings (SSSR count).